The molecule has 0 fully saturated rings. The molecule has 1 amide bonds. The molecule has 2 aromatic carbocycles. The summed E-state index contributed by atoms with van der Waals surface area (Å²) in [6, 6.07) is 9.57. The fourth-order valence-electron chi connectivity index (χ4n) is 2.11. The summed E-state index contributed by atoms with van der Waals surface area (Å²) < 4.78 is 13.1. The summed E-state index contributed by atoms with van der Waals surface area (Å²) in [6.45, 7) is 1.52. The van der Waals surface area contributed by atoms with E-state index in [1.807, 2.05) is 0 Å². The van der Waals surface area contributed by atoms with Gasteiger partial charge in [0.25, 0.3) is 11.6 Å². The van der Waals surface area contributed by atoms with Crippen LogP contribution in [-0.2, 0) is 0 Å². The van der Waals surface area contributed by atoms with Gasteiger partial charge in [0, 0.05) is 12.6 Å². The van der Waals surface area contributed by atoms with E-state index in [1.165, 1.54) is 36.4 Å². The lowest BCUT2D eigenvalue weighted by Gasteiger charge is -2.12. The highest BCUT2D eigenvalue weighted by Crippen LogP contribution is 2.20. The Kier molecular flexibility index (Phi) is 5.02. The zero-order valence-electron chi connectivity index (χ0n) is 12.3. The van der Waals surface area contributed by atoms with Crippen LogP contribution in [-0.4, -0.2) is 22.5 Å². The van der Waals surface area contributed by atoms with E-state index in [2.05, 4.69) is 5.32 Å². The summed E-state index contributed by atoms with van der Waals surface area (Å²) in [7, 11) is 0. The second kappa shape index (κ2) is 6.97. The third-order valence-electron chi connectivity index (χ3n) is 3.28. The largest absolute Gasteiger partial charge is 0.387 e. The number of carbonyl (C=O) groups is 1. The standard InChI is InChI=1S/C16H15FN2O4/c1-10-5-6-14(19(22)23)13(7-10)16(21)18-9-15(20)11-3-2-4-12(17)8-11/h2-8,15,20H,9H2,1H3,(H,18,21)/t15-/m0/s1. The maximum absolute atomic E-state index is 13.1. The number of nitro benzene ring substituents is 1. The molecule has 0 aliphatic rings. The van der Waals surface area contributed by atoms with Gasteiger partial charge in [0.1, 0.15) is 11.4 Å². The first-order valence-corrected chi connectivity index (χ1v) is 6.85. The first-order chi connectivity index (χ1) is 10.9. The van der Waals surface area contributed by atoms with Crippen molar-refractivity contribution in [3.63, 3.8) is 0 Å². The van der Waals surface area contributed by atoms with Crippen LogP contribution in [0.2, 0.25) is 0 Å². The van der Waals surface area contributed by atoms with Crippen molar-refractivity contribution in [3.05, 3.63) is 75.1 Å². The molecular weight excluding hydrogens is 303 g/mol. The molecule has 0 saturated heterocycles. The smallest absolute Gasteiger partial charge is 0.282 e. The van der Waals surface area contributed by atoms with Crippen LogP contribution in [0.15, 0.2) is 42.5 Å². The van der Waals surface area contributed by atoms with Gasteiger partial charge in [-0.2, -0.15) is 0 Å². The van der Waals surface area contributed by atoms with Gasteiger partial charge in [0.15, 0.2) is 0 Å². The number of nitrogens with zero attached hydrogens (tertiary/aromatic N) is 1. The molecule has 0 aliphatic carbocycles. The number of benzene rings is 2. The zero-order valence-corrected chi connectivity index (χ0v) is 12.3. The second-order valence-corrected chi connectivity index (χ2v) is 5.06. The Morgan fingerprint density at radius 1 is 1.35 bits per heavy atom. The Bertz CT molecular complexity index is 749. The van der Waals surface area contributed by atoms with Crippen molar-refractivity contribution >= 4 is 11.6 Å². The van der Waals surface area contributed by atoms with Crippen molar-refractivity contribution in [2.24, 2.45) is 0 Å². The minimum absolute atomic E-state index is 0.0820. The van der Waals surface area contributed by atoms with E-state index >= 15 is 0 Å². The van der Waals surface area contributed by atoms with Crippen LogP contribution in [0, 0.1) is 22.9 Å². The Hall–Kier alpha value is -2.80. The van der Waals surface area contributed by atoms with Crippen molar-refractivity contribution in [1.29, 1.82) is 0 Å². The average molecular weight is 318 g/mol. The number of aliphatic hydroxyl groups is 1. The zero-order chi connectivity index (χ0) is 17.0. The number of rotatable bonds is 5. The van der Waals surface area contributed by atoms with E-state index in [0.29, 0.717) is 11.1 Å². The Balaban J connectivity index is 2.11. The number of hydrogen-bond donors (Lipinski definition) is 2. The van der Waals surface area contributed by atoms with E-state index in [0.717, 1.165) is 6.07 Å². The maximum atomic E-state index is 13.1. The van der Waals surface area contributed by atoms with Gasteiger partial charge in [0.05, 0.1) is 11.0 Å². The SMILES string of the molecule is Cc1ccc([N+](=O)[O-])c(C(=O)NC[C@H](O)c2cccc(F)c2)c1. The molecule has 2 aromatic rings. The average Bonchev–Trinajstić information content (AvgIpc) is 2.51. The molecule has 0 heterocycles. The molecule has 0 spiro atoms. The van der Waals surface area contributed by atoms with E-state index in [-0.39, 0.29) is 17.8 Å². The Morgan fingerprint density at radius 3 is 2.74 bits per heavy atom. The number of halogens is 1. The summed E-state index contributed by atoms with van der Waals surface area (Å²) in [6.07, 6.45) is -1.11. The fraction of sp³-hybridized carbons (Fsp3) is 0.188. The molecule has 23 heavy (non-hydrogen) atoms. The Labute approximate surface area is 131 Å². The normalized spacial score (nSPS) is 11.8. The molecule has 0 radical (unpaired) electrons. The number of aryl methyl sites for hydroxylation is 1. The molecule has 2 rings (SSSR count). The molecule has 1 atom stereocenters. The number of carbonyl (C=O) groups excluding carboxylic acids is 1. The van der Waals surface area contributed by atoms with E-state index < -0.39 is 22.8 Å². The molecule has 2 N–H and O–H groups in total. The number of amides is 1. The topological polar surface area (TPSA) is 92.5 Å². The summed E-state index contributed by atoms with van der Waals surface area (Å²) in [5.74, 6) is -1.17. The first-order valence-electron chi connectivity index (χ1n) is 6.85. The minimum Gasteiger partial charge on any atom is -0.387 e. The summed E-state index contributed by atoms with van der Waals surface area (Å²) >= 11 is 0. The molecule has 0 aromatic heterocycles. The molecule has 7 heteroatoms. The summed E-state index contributed by atoms with van der Waals surface area (Å²) in [5, 5.41) is 23.4. The van der Waals surface area contributed by atoms with Gasteiger partial charge < -0.3 is 10.4 Å². The monoisotopic (exact) mass is 318 g/mol. The maximum Gasteiger partial charge on any atom is 0.282 e. The summed E-state index contributed by atoms with van der Waals surface area (Å²) in [4.78, 5) is 22.5. The molecule has 0 unspecified atom stereocenters. The molecular formula is C16H15FN2O4. The quantitative estimate of drug-likeness (QED) is 0.654. The van der Waals surface area contributed by atoms with Gasteiger partial charge >= 0.3 is 0 Å². The van der Waals surface area contributed by atoms with E-state index in [1.54, 1.807) is 6.92 Å². The van der Waals surface area contributed by atoms with Gasteiger partial charge in [-0.25, -0.2) is 4.39 Å². The highest BCUT2D eigenvalue weighted by Gasteiger charge is 2.20. The lowest BCUT2D eigenvalue weighted by Crippen LogP contribution is -2.29. The van der Waals surface area contributed by atoms with Crippen LogP contribution >= 0.6 is 0 Å². The lowest BCUT2D eigenvalue weighted by atomic mass is 10.1. The van der Waals surface area contributed by atoms with E-state index in [4.69, 9.17) is 0 Å². The molecule has 120 valence electrons. The minimum atomic E-state index is -1.11. The number of nitro groups is 1. The summed E-state index contributed by atoms with van der Waals surface area (Å²) in [5.41, 5.74) is 0.616. The highest BCUT2D eigenvalue weighted by molar-refractivity contribution is 5.98. The third-order valence-corrected chi connectivity index (χ3v) is 3.28. The van der Waals surface area contributed by atoms with Crippen molar-refractivity contribution in [3.8, 4) is 0 Å². The number of aliphatic hydroxyl groups excluding tert-OH is 1. The highest BCUT2D eigenvalue weighted by atomic mass is 19.1. The third kappa shape index (κ3) is 4.10. The Morgan fingerprint density at radius 2 is 2.09 bits per heavy atom. The first kappa shape index (κ1) is 16.6. The lowest BCUT2D eigenvalue weighted by molar-refractivity contribution is -0.385. The number of nitrogens with one attached hydrogen (secondary N) is 1. The van der Waals surface area contributed by atoms with Crippen LogP contribution in [0.4, 0.5) is 10.1 Å². The van der Waals surface area contributed by atoms with E-state index in [9.17, 15) is 24.4 Å². The second-order valence-electron chi connectivity index (χ2n) is 5.06. The van der Waals surface area contributed by atoms with Crippen molar-refractivity contribution in [1.82, 2.24) is 5.32 Å². The van der Waals surface area contributed by atoms with Gasteiger partial charge in [-0.15, -0.1) is 0 Å². The van der Waals surface area contributed by atoms with Gasteiger partial charge in [0.2, 0.25) is 0 Å². The molecule has 0 saturated carbocycles. The van der Waals surface area contributed by atoms with Gasteiger partial charge in [-0.3, -0.25) is 14.9 Å². The van der Waals surface area contributed by atoms with Crippen LogP contribution in [0.5, 0.6) is 0 Å². The van der Waals surface area contributed by atoms with Crippen LogP contribution < -0.4 is 5.32 Å². The fourth-order valence-corrected chi connectivity index (χ4v) is 2.11. The predicted molar refractivity (Wildman–Crippen MR) is 81.5 cm³/mol. The molecule has 0 aliphatic heterocycles. The van der Waals surface area contributed by atoms with Crippen molar-refractivity contribution in [2.75, 3.05) is 6.54 Å². The van der Waals surface area contributed by atoms with Crippen LogP contribution in [0.1, 0.15) is 27.6 Å². The number of hydrogen-bond acceptors (Lipinski definition) is 4. The molecule has 0 bridgehead atoms. The predicted octanol–water partition coefficient (Wildman–Crippen LogP) is 2.51. The molecule has 6 nitrogen and oxygen atoms in total. The van der Waals surface area contributed by atoms with Crippen molar-refractivity contribution in [2.45, 2.75) is 13.0 Å². The van der Waals surface area contributed by atoms with Gasteiger partial charge in [-0.1, -0.05) is 18.2 Å². The van der Waals surface area contributed by atoms with Crippen LogP contribution in [0.25, 0.3) is 0 Å². The van der Waals surface area contributed by atoms with Crippen molar-refractivity contribution < 1.29 is 19.2 Å². The van der Waals surface area contributed by atoms with Crippen LogP contribution in [0.3, 0.4) is 0 Å². The van der Waals surface area contributed by atoms with Gasteiger partial charge in [-0.05, 0) is 36.2 Å².